The minimum absolute atomic E-state index is 0.0571. The van der Waals surface area contributed by atoms with Crippen LogP contribution < -0.4 is 4.72 Å². The maximum atomic E-state index is 13.1. The molecule has 1 aliphatic heterocycles. The van der Waals surface area contributed by atoms with Crippen LogP contribution in [-0.2, 0) is 10.0 Å². The highest BCUT2D eigenvalue weighted by atomic mass is 32.2. The number of sulfonamides is 1. The van der Waals surface area contributed by atoms with Crippen LogP contribution in [0.1, 0.15) is 61.7 Å². The van der Waals surface area contributed by atoms with E-state index in [2.05, 4.69) is 10.8 Å². The lowest BCUT2D eigenvalue weighted by Gasteiger charge is -2.22. The first-order chi connectivity index (χ1) is 13.5. The second kappa shape index (κ2) is 9.94. The number of thioether (sulfide) groups is 1. The number of benzene rings is 1. The highest BCUT2D eigenvalue weighted by Gasteiger charge is 2.23. The van der Waals surface area contributed by atoms with Crippen molar-refractivity contribution in [2.45, 2.75) is 61.2 Å². The highest BCUT2D eigenvalue weighted by molar-refractivity contribution is 7.98. The van der Waals surface area contributed by atoms with Crippen molar-refractivity contribution in [2.24, 2.45) is 0 Å². The Morgan fingerprint density at radius 3 is 2.50 bits per heavy atom. The molecule has 3 rings (SSSR count). The van der Waals surface area contributed by atoms with Gasteiger partial charge in [-0.05, 0) is 63.0 Å². The van der Waals surface area contributed by atoms with Gasteiger partial charge in [-0.2, -0.15) is 0 Å². The SMILES string of the molecule is CSc1ccc(S(=O)(=O)NCC2=CCCCC2)cc1C(=O)N1CCCCCC1. The van der Waals surface area contributed by atoms with Gasteiger partial charge in [0.05, 0.1) is 10.5 Å². The van der Waals surface area contributed by atoms with Crippen molar-refractivity contribution in [3.05, 3.63) is 35.4 Å². The molecule has 154 valence electrons. The molecule has 0 spiro atoms. The molecule has 7 heteroatoms. The predicted octanol–water partition coefficient (Wildman–Crippen LogP) is 4.20. The smallest absolute Gasteiger partial charge is 0.255 e. The zero-order chi connectivity index (χ0) is 20.0. The third-order valence-corrected chi connectivity index (χ3v) is 7.67. The van der Waals surface area contributed by atoms with E-state index in [1.807, 2.05) is 11.2 Å². The van der Waals surface area contributed by atoms with Crippen LogP contribution in [-0.4, -0.2) is 45.1 Å². The zero-order valence-electron chi connectivity index (χ0n) is 16.6. The summed E-state index contributed by atoms with van der Waals surface area (Å²) in [6, 6.07) is 4.91. The number of hydrogen-bond donors (Lipinski definition) is 1. The van der Waals surface area contributed by atoms with Gasteiger partial charge in [-0.3, -0.25) is 4.79 Å². The monoisotopic (exact) mass is 422 g/mol. The lowest BCUT2D eigenvalue weighted by Crippen LogP contribution is -2.32. The molecule has 0 aromatic heterocycles. The molecule has 1 aromatic rings. The first-order valence-electron chi connectivity index (χ1n) is 10.2. The van der Waals surface area contributed by atoms with Gasteiger partial charge in [-0.1, -0.05) is 24.5 Å². The summed E-state index contributed by atoms with van der Waals surface area (Å²) in [4.78, 5) is 16.0. The second-order valence-electron chi connectivity index (χ2n) is 7.50. The largest absolute Gasteiger partial charge is 0.339 e. The maximum absolute atomic E-state index is 13.1. The van der Waals surface area contributed by atoms with Crippen molar-refractivity contribution in [2.75, 3.05) is 25.9 Å². The van der Waals surface area contributed by atoms with Crippen LogP contribution in [0.15, 0.2) is 39.6 Å². The minimum atomic E-state index is -3.65. The van der Waals surface area contributed by atoms with E-state index in [1.54, 1.807) is 18.2 Å². The fraction of sp³-hybridized carbons (Fsp3) is 0.571. The predicted molar refractivity (Wildman–Crippen MR) is 114 cm³/mol. The van der Waals surface area contributed by atoms with Crippen molar-refractivity contribution in [1.82, 2.24) is 9.62 Å². The summed E-state index contributed by atoms with van der Waals surface area (Å²) >= 11 is 1.48. The first-order valence-corrected chi connectivity index (χ1v) is 12.9. The van der Waals surface area contributed by atoms with Crippen LogP contribution in [0, 0.1) is 0 Å². The van der Waals surface area contributed by atoms with Crippen LogP contribution in [0.4, 0.5) is 0 Å². The molecule has 5 nitrogen and oxygen atoms in total. The Balaban J connectivity index is 1.80. The molecule has 2 aliphatic rings. The van der Waals surface area contributed by atoms with Gasteiger partial charge in [0, 0.05) is 24.5 Å². The Labute approximate surface area is 173 Å². The summed E-state index contributed by atoms with van der Waals surface area (Å²) in [6.45, 7) is 1.84. The Hall–Kier alpha value is -1.31. The van der Waals surface area contributed by atoms with E-state index < -0.39 is 10.0 Å². The van der Waals surface area contributed by atoms with Crippen molar-refractivity contribution in [3.63, 3.8) is 0 Å². The van der Waals surface area contributed by atoms with Gasteiger partial charge >= 0.3 is 0 Å². The molecular weight excluding hydrogens is 392 g/mol. The van der Waals surface area contributed by atoms with Gasteiger partial charge in [0.25, 0.3) is 5.91 Å². The van der Waals surface area contributed by atoms with Gasteiger partial charge in [-0.15, -0.1) is 11.8 Å². The molecule has 1 saturated heterocycles. The molecule has 1 N–H and O–H groups in total. The summed E-state index contributed by atoms with van der Waals surface area (Å²) in [6.07, 6.45) is 12.6. The normalized spacial score (nSPS) is 18.5. The van der Waals surface area contributed by atoms with E-state index >= 15 is 0 Å². The molecule has 0 unspecified atom stereocenters. The second-order valence-corrected chi connectivity index (χ2v) is 10.1. The fourth-order valence-electron chi connectivity index (χ4n) is 3.80. The van der Waals surface area contributed by atoms with Crippen molar-refractivity contribution in [1.29, 1.82) is 0 Å². The molecule has 0 bridgehead atoms. The van der Waals surface area contributed by atoms with Crippen molar-refractivity contribution in [3.8, 4) is 0 Å². The summed E-state index contributed by atoms with van der Waals surface area (Å²) in [5.74, 6) is -0.0571. The van der Waals surface area contributed by atoms with Gasteiger partial charge in [0.2, 0.25) is 10.0 Å². The Kier molecular flexibility index (Phi) is 7.60. The molecule has 28 heavy (non-hydrogen) atoms. The molecule has 1 aliphatic carbocycles. The standard InChI is InChI=1S/C21H30N2O3S2/c1-27-20-12-11-18(28(25,26)22-16-17-9-5-4-6-10-17)15-19(20)21(24)23-13-7-2-3-8-14-23/h9,11-12,15,22H,2-8,10,13-14,16H2,1H3. The van der Waals surface area contributed by atoms with Gasteiger partial charge in [0.1, 0.15) is 0 Å². The first kappa shape index (κ1) is 21.4. The van der Waals surface area contributed by atoms with E-state index in [1.165, 1.54) is 18.2 Å². The topological polar surface area (TPSA) is 66.5 Å². The molecule has 1 heterocycles. The van der Waals surface area contributed by atoms with Gasteiger partial charge < -0.3 is 4.90 Å². The Morgan fingerprint density at radius 1 is 1.11 bits per heavy atom. The number of allylic oxidation sites excluding steroid dienone is 1. The number of amides is 1. The number of carbonyl (C=O) groups excluding carboxylic acids is 1. The third kappa shape index (κ3) is 5.39. The molecule has 1 amide bonds. The van der Waals surface area contributed by atoms with Crippen LogP contribution in [0.2, 0.25) is 0 Å². The molecule has 1 aromatic carbocycles. The van der Waals surface area contributed by atoms with Crippen LogP contribution in [0.5, 0.6) is 0 Å². The number of nitrogens with zero attached hydrogens (tertiary/aromatic N) is 1. The summed E-state index contributed by atoms with van der Waals surface area (Å²) in [7, 11) is -3.65. The Bertz CT molecular complexity index is 826. The van der Waals surface area contributed by atoms with E-state index in [0.29, 0.717) is 12.1 Å². The molecule has 1 fully saturated rings. The maximum Gasteiger partial charge on any atom is 0.255 e. The lowest BCUT2D eigenvalue weighted by atomic mass is 10.0. The summed E-state index contributed by atoms with van der Waals surface area (Å²) < 4.78 is 28.3. The number of carbonyl (C=O) groups is 1. The molecule has 0 radical (unpaired) electrons. The fourth-order valence-corrected chi connectivity index (χ4v) is 5.43. The Morgan fingerprint density at radius 2 is 1.86 bits per heavy atom. The van der Waals surface area contributed by atoms with Crippen LogP contribution >= 0.6 is 11.8 Å². The number of rotatable bonds is 6. The van der Waals surface area contributed by atoms with Crippen LogP contribution in [0.3, 0.4) is 0 Å². The van der Waals surface area contributed by atoms with Gasteiger partial charge in [0.15, 0.2) is 0 Å². The molecule has 0 atom stereocenters. The lowest BCUT2D eigenvalue weighted by molar-refractivity contribution is 0.0758. The summed E-state index contributed by atoms with van der Waals surface area (Å²) in [5.41, 5.74) is 1.64. The number of nitrogens with one attached hydrogen (secondary N) is 1. The van der Waals surface area contributed by atoms with Crippen molar-refractivity contribution >= 4 is 27.7 Å². The van der Waals surface area contributed by atoms with Gasteiger partial charge in [-0.25, -0.2) is 13.1 Å². The van der Waals surface area contributed by atoms with Crippen molar-refractivity contribution < 1.29 is 13.2 Å². The van der Waals surface area contributed by atoms with E-state index in [0.717, 1.165) is 68.5 Å². The molecule has 0 saturated carbocycles. The van der Waals surface area contributed by atoms with E-state index in [4.69, 9.17) is 0 Å². The summed E-state index contributed by atoms with van der Waals surface area (Å²) in [5, 5.41) is 0. The number of hydrogen-bond acceptors (Lipinski definition) is 4. The molecular formula is C21H30N2O3S2. The van der Waals surface area contributed by atoms with E-state index in [-0.39, 0.29) is 10.8 Å². The average Bonchev–Trinajstić information content (AvgIpc) is 3.01. The zero-order valence-corrected chi connectivity index (χ0v) is 18.2. The minimum Gasteiger partial charge on any atom is -0.339 e. The quantitative estimate of drug-likeness (QED) is 0.551. The van der Waals surface area contributed by atoms with E-state index in [9.17, 15) is 13.2 Å². The number of likely N-dealkylation sites (tertiary alicyclic amines) is 1. The van der Waals surface area contributed by atoms with Crippen LogP contribution in [0.25, 0.3) is 0 Å². The average molecular weight is 423 g/mol. The highest BCUT2D eigenvalue weighted by Crippen LogP contribution is 2.26. The third-order valence-electron chi connectivity index (χ3n) is 5.48.